The Labute approximate surface area is 200 Å². The Hall–Kier alpha value is -3.19. The molecule has 2 aromatic carbocycles. The van der Waals surface area contributed by atoms with Crippen molar-refractivity contribution >= 4 is 37.0 Å². The summed E-state index contributed by atoms with van der Waals surface area (Å²) in [6.07, 6.45) is 9.24. The summed E-state index contributed by atoms with van der Waals surface area (Å²) >= 11 is 0. The first kappa shape index (κ1) is 24.0. The molecule has 1 heterocycles. The van der Waals surface area contributed by atoms with Crippen molar-refractivity contribution in [2.75, 3.05) is 17.9 Å². The molecule has 1 fully saturated rings. The van der Waals surface area contributed by atoms with Gasteiger partial charge < -0.3 is 10.3 Å². The lowest BCUT2D eigenvalue weighted by molar-refractivity contribution is 0.466. The second-order valence-corrected chi connectivity index (χ2v) is 10.2. The third-order valence-corrected chi connectivity index (χ3v) is 7.76. The van der Waals surface area contributed by atoms with E-state index in [4.69, 9.17) is 16.1 Å². The van der Waals surface area contributed by atoms with Gasteiger partial charge >= 0.3 is 0 Å². The zero-order valence-corrected chi connectivity index (χ0v) is 20.1. The third-order valence-electron chi connectivity index (χ3n) is 5.40. The van der Waals surface area contributed by atoms with E-state index in [2.05, 4.69) is 15.0 Å². The van der Waals surface area contributed by atoms with Crippen LogP contribution in [0.5, 0.6) is 0 Å². The molecule has 4 N–H and O–H groups in total. The molecule has 34 heavy (non-hydrogen) atoms. The Morgan fingerprint density at radius 3 is 2.65 bits per heavy atom. The highest BCUT2D eigenvalue weighted by Gasteiger charge is 2.33. The van der Waals surface area contributed by atoms with E-state index in [1.54, 1.807) is 25.5 Å². The maximum absolute atomic E-state index is 15.0. The van der Waals surface area contributed by atoms with Crippen LogP contribution < -0.4 is 21.9 Å². The molecule has 176 valence electrons. The number of hydrazine groups is 1. The zero-order valence-electron chi connectivity index (χ0n) is 19.2. The number of benzene rings is 2. The molecule has 1 aliphatic carbocycles. The monoisotopic (exact) mass is 478 g/mol. The maximum Gasteiger partial charge on any atom is 0.186 e. The molecule has 0 aliphatic heterocycles. The topological polar surface area (TPSA) is 103 Å². The third kappa shape index (κ3) is 5.65. The van der Waals surface area contributed by atoms with Gasteiger partial charge in [-0.2, -0.15) is 0 Å². The predicted molar refractivity (Wildman–Crippen MR) is 138 cm³/mol. The second-order valence-electron chi connectivity index (χ2n) is 7.97. The van der Waals surface area contributed by atoms with Crippen LogP contribution in [-0.4, -0.2) is 29.0 Å². The van der Waals surface area contributed by atoms with Gasteiger partial charge in [0.15, 0.2) is 11.6 Å². The molecule has 3 aromatic rings. The van der Waals surface area contributed by atoms with E-state index in [1.807, 2.05) is 49.4 Å². The number of nitrogens with two attached hydrogens (primary N) is 2. The lowest BCUT2D eigenvalue weighted by Gasteiger charge is -2.20. The minimum atomic E-state index is -0.792. The van der Waals surface area contributed by atoms with Crippen molar-refractivity contribution in [1.29, 1.82) is 0 Å². The van der Waals surface area contributed by atoms with Crippen molar-refractivity contribution in [2.45, 2.75) is 32.0 Å². The number of nitrogens with zero attached hydrogens (tertiary/aromatic N) is 4. The van der Waals surface area contributed by atoms with Gasteiger partial charge in [0.25, 0.3) is 0 Å². The number of halogens is 1. The molecule has 1 atom stereocenters. The van der Waals surface area contributed by atoms with Gasteiger partial charge in [0.2, 0.25) is 0 Å². The van der Waals surface area contributed by atoms with E-state index < -0.39 is 8.15 Å². The average Bonchev–Trinajstić information content (AvgIpc) is 3.67. The van der Waals surface area contributed by atoms with Crippen LogP contribution in [0.25, 0.3) is 11.3 Å². The van der Waals surface area contributed by atoms with E-state index >= 15 is 4.39 Å². The molecule has 0 spiro atoms. The van der Waals surface area contributed by atoms with Crippen molar-refractivity contribution < 1.29 is 8.91 Å². The number of hydrogen-bond donors (Lipinski definition) is 2. The van der Waals surface area contributed by atoms with Crippen LogP contribution in [0.1, 0.15) is 25.3 Å². The van der Waals surface area contributed by atoms with Gasteiger partial charge in [0.1, 0.15) is 5.82 Å². The summed E-state index contributed by atoms with van der Waals surface area (Å²) in [5.41, 5.74) is 9.06. The van der Waals surface area contributed by atoms with Gasteiger partial charge in [0, 0.05) is 29.9 Å². The minimum Gasteiger partial charge on any atom is -0.381 e. The standard InChI is InChI=1S/C25H28FN6OP/c1-3-4-13-29-18-7-5-17(6-8-18)16-32(28)25-24(27)30-15-23(31-25)21-12-11-20(14-22(21)26)34(33-2)19-9-10-19/h3-8,11-15,19H,9-10,16,28H2,1-2H3,(H2,27,30)/b4-3-,29-13?. The van der Waals surface area contributed by atoms with Crippen molar-refractivity contribution in [3.8, 4) is 11.3 Å². The molecule has 1 saturated carbocycles. The van der Waals surface area contributed by atoms with E-state index in [1.165, 1.54) is 11.2 Å². The Morgan fingerprint density at radius 2 is 2.00 bits per heavy atom. The minimum absolute atomic E-state index is 0.174. The Balaban J connectivity index is 1.52. The normalized spacial score (nSPS) is 14.7. The molecule has 0 radical (unpaired) electrons. The molecule has 0 bridgehead atoms. The number of hydrogen-bond acceptors (Lipinski definition) is 7. The Kier molecular flexibility index (Phi) is 7.63. The summed E-state index contributed by atoms with van der Waals surface area (Å²) in [7, 11) is 0.896. The van der Waals surface area contributed by atoms with Crippen molar-refractivity contribution in [3.05, 3.63) is 72.2 Å². The Morgan fingerprint density at radius 1 is 1.24 bits per heavy atom. The van der Waals surface area contributed by atoms with Crippen LogP contribution in [0.4, 0.5) is 21.7 Å². The van der Waals surface area contributed by atoms with Gasteiger partial charge in [-0.15, -0.1) is 0 Å². The maximum atomic E-state index is 15.0. The van der Waals surface area contributed by atoms with E-state index in [9.17, 15) is 0 Å². The molecule has 1 aromatic heterocycles. The van der Waals surface area contributed by atoms with Crippen molar-refractivity contribution in [2.24, 2.45) is 10.8 Å². The zero-order chi connectivity index (χ0) is 24.1. The van der Waals surface area contributed by atoms with Crippen LogP contribution in [-0.2, 0) is 11.1 Å². The fraction of sp³-hybridized carbons (Fsp3) is 0.240. The summed E-state index contributed by atoms with van der Waals surface area (Å²) < 4.78 is 20.7. The highest BCUT2D eigenvalue weighted by Crippen LogP contribution is 2.53. The quantitative estimate of drug-likeness (QED) is 0.197. The number of allylic oxidation sites excluding steroid dienone is 2. The van der Waals surface area contributed by atoms with Gasteiger partial charge in [-0.3, -0.25) is 10.0 Å². The summed E-state index contributed by atoms with van der Waals surface area (Å²) in [5, 5.41) is 2.30. The van der Waals surface area contributed by atoms with Gasteiger partial charge in [-0.25, -0.2) is 20.2 Å². The largest absolute Gasteiger partial charge is 0.381 e. The number of aromatic nitrogens is 2. The van der Waals surface area contributed by atoms with Gasteiger partial charge in [0.05, 0.1) is 32.3 Å². The van der Waals surface area contributed by atoms with Crippen LogP contribution >= 0.6 is 8.15 Å². The fourth-order valence-corrected chi connectivity index (χ4v) is 5.54. The van der Waals surface area contributed by atoms with Crippen molar-refractivity contribution in [3.63, 3.8) is 0 Å². The van der Waals surface area contributed by atoms with E-state index in [-0.39, 0.29) is 17.5 Å². The van der Waals surface area contributed by atoms with Crippen LogP contribution in [0.15, 0.2) is 65.8 Å². The SMILES string of the molecule is C/C=C\C=Nc1ccc(CN(N)c2nc(-c3ccc(P(OC)C4CC4)cc3F)cnc2N)cc1. The highest BCUT2D eigenvalue weighted by atomic mass is 31.1. The smallest absolute Gasteiger partial charge is 0.186 e. The summed E-state index contributed by atoms with van der Waals surface area (Å²) in [6, 6.07) is 12.8. The second kappa shape index (κ2) is 10.8. The highest BCUT2D eigenvalue weighted by molar-refractivity contribution is 7.61. The first-order chi connectivity index (χ1) is 16.5. The van der Waals surface area contributed by atoms with Gasteiger partial charge in [-0.1, -0.05) is 24.3 Å². The van der Waals surface area contributed by atoms with E-state index in [0.717, 1.165) is 29.4 Å². The molecule has 1 aliphatic rings. The molecule has 4 rings (SSSR count). The molecule has 7 nitrogen and oxygen atoms in total. The Bertz CT molecular complexity index is 1200. The van der Waals surface area contributed by atoms with Crippen LogP contribution in [0.2, 0.25) is 0 Å². The molecule has 0 amide bonds. The number of nitrogen functional groups attached to an aromatic ring is 1. The number of aliphatic imine (C=N–C) groups is 1. The molecular weight excluding hydrogens is 450 g/mol. The lowest BCUT2D eigenvalue weighted by atomic mass is 10.1. The van der Waals surface area contributed by atoms with Crippen molar-refractivity contribution in [1.82, 2.24) is 9.97 Å². The average molecular weight is 479 g/mol. The van der Waals surface area contributed by atoms with Gasteiger partial charge in [-0.05, 0) is 55.7 Å². The number of rotatable bonds is 9. The molecule has 9 heteroatoms. The first-order valence-corrected chi connectivity index (χ1v) is 12.4. The molecule has 0 saturated heterocycles. The summed E-state index contributed by atoms with van der Waals surface area (Å²) in [4.78, 5) is 13.1. The fourth-order valence-electron chi connectivity index (χ4n) is 3.53. The number of anilines is 2. The van der Waals surface area contributed by atoms with E-state index in [0.29, 0.717) is 23.5 Å². The first-order valence-electron chi connectivity index (χ1n) is 11.0. The van der Waals surface area contributed by atoms with Crippen LogP contribution in [0.3, 0.4) is 0 Å². The summed E-state index contributed by atoms with van der Waals surface area (Å²) in [6.45, 7) is 2.28. The summed E-state index contributed by atoms with van der Waals surface area (Å²) in [5.74, 6) is 6.36. The predicted octanol–water partition coefficient (Wildman–Crippen LogP) is 4.85. The van der Waals surface area contributed by atoms with Crippen LogP contribution in [0, 0.1) is 5.82 Å². The molecule has 1 unspecified atom stereocenters. The lowest BCUT2D eigenvalue weighted by Crippen LogP contribution is -2.32. The molecular formula is C25H28FN6OP.